The van der Waals surface area contributed by atoms with Crippen molar-refractivity contribution in [1.29, 1.82) is 0 Å². The van der Waals surface area contributed by atoms with Gasteiger partial charge in [-0.05, 0) is 32.0 Å². The molecule has 0 saturated carbocycles. The third-order valence-electron chi connectivity index (χ3n) is 2.66. The van der Waals surface area contributed by atoms with Gasteiger partial charge in [0, 0.05) is 10.9 Å². The number of nitrogens with one attached hydrogen (secondary N) is 1. The molecule has 0 atom stereocenters. The second kappa shape index (κ2) is 3.94. The Kier molecular flexibility index (Phi) is 2.40. The van der Waals surface area contributed by atoms with Crippen LogP contribution in [0.2, 0.25) is 0 Å². The maximum atomic E-state index is 13.3. The second-order valence-electron chi connectivity index (χ2n) is 4.38. The highest BCUT2D eigenvalue weighted by atomic mass is 19.1. The van der Waals surface area contributed by atoms with Gasteiger partial charge in [-0.25, -0.2) is 9.37 Å². The predicted octanol–water partition coefficient (Wildman–Crippen LogP) is 3.04. The Bertz CT molecular complexity index is 721. The van der Waals surface area contributed by atoms with Gasteiger partial charge in [-0.3, -0.25) is 0 Å². The molecule has 1 N–H and O–H groups in total. The summed E-state index contributed by atoms with van der Waals surface area (Å²) < 4.78 is 18.9. The molecule has 0 saturated heterocycles. The highest BCUT2D eigenvalue weighted by Crippen LogP contribution is 2.29. The lowest BCUT2D eigenvalue weighted by molar-refractivity contribution is 0.235. The SMILES string of the molecule is CC(C)Oc1ncnc2c1[nH]c1ccc(F)cc12. The van der Waals surface area contributed by atoms with Crippen LogP contribution in [-0.4, -0.2) is 21.1 Å². The zero-order valence-electron chi connectivity index (χ0n) is 10.1. The number of nitrogens with zero attached hydrogens (tertiary/aromatic N) is 2. The average molecular weight is 245 g/mol. The van der Waals surface area contributed by atoms with Gasteiger partial charge in [-0.2, -0.15) is 4.98 Å². The summed E-state index contributed by atoms with van der Waals surface area (Å²) in [4.78, 5) is 11.5. The first-order valence-corrected chi connectivity index (χ1v) is 5.74. The maximum absolute atomic E-state index is 13.3. The average Bonchev–Trinajstić information content (AvgIpc) is 2.68. The van der Waals surface area contributed by atoms with Crippen LogP contribution in [0.3, 0.4) is 0 Å². The van der Waals surface area contributed by atoms with Crippen molar-refractivity contribution in [2.45, 2.75) is 20.0 Å². The van der Waals surface area contributed by atoms with Gasteiger partial charge < -0.3 is 9.72 Å². The Balaban J connectivity index is 2.32. The smallest absolute Gasteiger partial charge is 0.241 e. The van der Waals surface area contributed by atoms with E-state index >= 15 is 0 Å². The van der Waals surface area contributed by atoms with Crippen LogP contribution >= 0.6 is 0 Å². The van der Waals surface area contributed by atoms with E-state index in [0.29, 0.717) is 16.9 Å². The third-order valence-corrected chi connectivity index (χ3v) is 2.66. The van der Waals surface area contributed by atoms with Crippen LogP contribution in [0.15, 0.2) is 24.5 Å². The van der Waals surface area contributed by atoms with Crippen LogP contribution in [0.5, 0.6) is 5.88 Å². The van der Waals surface area contributed by atoms with Crippen LogP contribution in [0.1, 0.15) is 13.8 Å². The molecule has 1 aromatic carbocycles. The van der Waals surface area contributed by atoms with E-state index in [4.69, 9.17) is 4.74 Å². The number of aromatic nitrogens is 3. The van der Waals surface area contributed by atoms with Gasteiger partial charge in [0.05, 0.1) is 6.10 Å². The number of hydrogen-bond donors (Lipinski definition) is 1. The lowest BCUT2D eigenvalue weighted by Gasteiger charge is -2.08. The van der Waals surface area contributed by atoms with Gasteiger partial charge in [0.2, 0.25) is 5.88 Å². The first-order chi connectivity index (χ1) is 8.65. The zero-order valence-corrected chi connectivity index (χ0v) is 10.1. The molecule has 92 valence electrons. The van der Waals surface area contributed by atoms with E-state index in [1.165, 1.54) is 18.5 Å². The fourth-order valence-electron chi connectivity index (χ4n) is 1.95. The monoisotopic (exact) mass is 245 g/mol. The number of rotatable bonds is 2. The summed E-state index contributed by atoms with van der Waals surface area (Å²) in [6, 6.07) is 4.56. The number of fused-ring (bicyclic) bond motifs is 3. The molecule has 0 radical (unpaired) electrons. The van der Waals surface area contributed by atoms with Crippen molar-refractivity contribution < 1.29 is 9.13 Å². The summed E-state index contributed by atoms with van der Waals surface area (Å²) in [5.74, 6) is 0.208. The molecular formula is C13H12FN3O. The van der Waals surface area contributed by atoms with Crippen LogP contribution in [0.4, 0.5) is 4.39 Å². The molecule has 0 bridgehead atoms. The van der Waals surface area contributed by atoms with Crippen LogP contribution in [-0.2, 0) is 0 Å². The van der Waals surface area contributed by atoms with Crippen molar-refractivity contribution in [1.82, 2.24) is 15.0 Å². The summed E-state index contributed by atoms with van der Waals surface area (Å²) in [5, 5.41) is 0.737. The van der Waals surface area contributed by atoms with E-state index in [2.05, 4.69) is 15.0 Å². The minimum absolute atomic E-state index is 0.0197. The van der Waals surface area contributed by atoms with Crippen LogP contribution in [0, 0.1) is 5.82 Å². The molecule has 5 heteroatoms. The summed E-state index contributed by atoms with van der Waals surface area (Å²) in [6.45, 7) is 3.85. The topological polar surface area (TPSA) is 50.8 Å². The Labute approximate surface area is 103 Å². The molecule has 4 nitrogen and oxygen atoms in total. The molecule has 0 aliphatic heterocycles. The van der Waals surface area contributed by atoms with Crippen molar-refractivity contribution in [2.75, 3.05) is 0 Å². The molecule has 2 aromatic heterocycles. The number of aromatic amines is 1. The number of H-pyrrole nitrogens is 1. The molecule has 18 heavy (non-hydrogen) atoms. The lowest BCUT2D eigenvalue weighted by atomic mass is 10.2. The first kappa shape index (κ1) is 11.0. The van der Waals surface area contributed by atoms with Crippen molar-refractivity contribution in [3.8, 4) is 5.88 Å². The minimum atomic E-state index is -0.284. The van der Waals surface area contributed by atoms with Gasteiger partial charge in [-0.1, -0.05) is 0 Å². The van der Waals surface area contributed by atoms with E-state index in [-0.39, 0.29) is 11.9 Å². The zero-order chi connectivity index (χ0) is 12.7. The highest BCUT2D eigenvalue weighted by molar-refractivity contribution is 6.06. The van der Waals surface area contributed by atoms with Gasteiger partial charge >= 0.3 is 0 Å². The normalized spacial score (nSPS) is 11.6. The number of hydrogen-bond acceptors (Lipinski definition) is 3. The molecule has 0 aliphatic rings. The van der Waals surface area contributed by atoms with Crippen LogP contribution < -0.4 is 4.74 Å². The van der Waals surface area contributed by atoms with Gasteiger partial charge in [-0.15, -0.1) is 0 Å². The largest absolute Gasteiger partial charge is 0.473 e. The first-order valence-electron chi connectivity index (χ1n) is 5.74. The minimum Gasteiger partial charge on any atom is -0.473 e. The predicted molar refractivity (Wildman–Crippen MR) is 67.1 cm³/mol. The Morgan fingerprint density at radius 3 is 2.89 bits per heavy atom. The second-order valence-corrected chi connectivity index (χ2v) is 4.38. The van der Waals surface area contributed by atoms with Gasteiger partial charge in [0.1, 0.15) is 23.2 Å². The Hall–Kier alpha value is -2.17. The summed E-state index contributed by atoms with van der Waals surface area (Å²) in [7, 11) is 0. The Morgan fingerprint density at radius 1 is 1.28 bits per heavy atom. The molecule has 3 aromatic rings. The third kappa shape index (κ3) is 1.68. The van der Waals surface area contributed by atoms with Crippen molar-refractivity contribution >= 4 is 21.9 Å². The lowest BCUT2D eigenvalue weighted by Crippen LogP contribution is -2.07. The van der Waals surface area contributed by atoms with E-state index in [1.807, 2.05) is 13.8 Å². The molecule has 3 rings (SSSR count). The molecule has 0 fully saturated rings. The van der Waals surface area contributed by atoms with E-state index < -0.39 is 0 Å². The summed E-state index contributed by atoms with van der Waals surface area (Å²) >= 11 is 0. The molecule has 2 heterocycles. The summed E-state index contributed by atoms with van der Waals surface area (Å²) in [6.07, 6.45) is 1.45. The molecule has 0 aliphatic carbocycles. The van der Waals surface area contributed by atoms with E-state index in [9.17, 15) is 4.39 Å². The van der Waals surface area contributed by atoms with Gasteiger partial charge in [0.25, 0.3) is 0 Å². The highest BCUT2D eigenvalue weighted by Gasteiger charge is 2.12. The molecule has 0 amide bonds. The molecule has 0 unspecified atom stereocenters. The quantitative estimate of drug-likeness (QED) is 0.755. The standard InChI is InChI=1S/C13H12FN3O/c1-7(2)18-13-12-11(15-6-16-13)9-5-8(14)3-4-10(9)17-12/h3-7,17H,1-2H3. The molecule has 0 spiro atoms. The van der Waals surface area contributed by atoms with Crippen molar-refractivity contribution in [3.63, 3.8) is 0 Å². The number of benzene rings is 1. The van der Waals surface area contributed by atoms with Crippen molar-refractivity contribution in [2.24, 2.45) is 0 Å². The number of ether oxygens (including phenoxy) is 1. The molecular weight excluding hydrogens is 233 g/mol. The summed E-state index contributed by atoms with van der Waals surface area (Å²) in [5.41, 5.74) is 2.20. The van der Waals surface area contributed by atoms with E-state index in [1.54, 1.807) is 6.07 Å². The fourth-order valence-corrected chi connectivity index (χ4v) is 1.95. The van der Waals surface area contributed by atoms with Crippen LogP contribution in [0.25, 0.3) is 21.9 Å². The van der Waals surface area contributed by atoms with E-state index in [0.717, 1.165) is 10.9 Å². The van der Waals surface area contributed by atoms with Crippen molar-refractivity contribution in [3.05, 3.63) is 30.3 Å². The number of halogens is 1. The fraction of sp³-hybridized carbons (Fsp3) is 0.231. The Morgan fingerprint density at radius 2 is 2.11 bits per heavy atom. The van der Waals surface area contributed by atoms with Gasteiger partial charge in [0.15, 0.2) is 0 Å². The maximum Gasteiger partial charge on any atom is 0.241 e.